The molecule has 1 aromatic carbocycles. The minimum absolute atomic E-state index is 0.0221. The van der Waals surface area contributed by atoms with Crippen molar-refractivity contribution in [1.82, 2.24) is 19.8 Å². The normalized spacial score (nSPS) is 17.8. The van der Waals surface area contributed by atoms with Gasteiger partial charge in [0.1, 0.15) is 0 Å². The largest absolute Gasteiger partial charge is 0.352 e. The molecule has 1 fully saturated rings. The summed E-state index contributed by atoms with van der Waals surface area (Å²) in [7, 11) is 0. The Morgan fingerprint density at radius 3 is 2.58 bits per heavy atom. The molecule has 2 aromatic heterocycles. The Hall–Kier alpha value is -3.19. The van der Waals surface area contributed by atoms with Crippen molar-refractivity contribution in [3.63, 3.8) is 0 Å². The number of carbonyl (C=O) groups is 1. The molecule has 1 saturated heterocycles. The van der Waals surface area contributed by atoms with E-state index in [1.54, 1.807) is 0 Å². The van der Waals surface area contributed by atoms with Gasteiger partial charge in [0.25, 0.3) is 0 Å². The molecule has 33 heavy (non-hydrogen) atoms. The Kier molecular flexibility index (Phi) is 6.79. The zero-order valence-electron chi connectivity index (χ0n) is 19.6. The van der Waals surface area contributed by atoms with Gasteiger partial charge in [0.15, 0.2) is 5.11 Å². The van der Waals surface area contributed by atoms with Gasteiger partial charge in [-0.3, -0.25) is 9.78 Å². The summed E-state index contributed by atoms with van der Waals surface area (Å²) in [5.74, 6) is -0.0221. The van der Waals surface area contributed by atoms with Gasteiger partial charge in [0.05, 0.1) is 17.8 Å². The van der Waals surface area contributed by atoms with Gasteiger partial charge in [0, 0.05) is 42.8 Å². The molecule has 0 radical (unpaired) electrons. The molecule has 2 N–H and O–H groups in total. The number of aromatic nitrogens is 2. The van der Waals surface area contributed by atoms with E-state index in [0.29, 0.717) is 18.1 Å². The molecule has 0 aliphatic carbocycles. The van der Waals surface area contributed by atoms with Crippen molar-refractivity contribution in [3.8, 4) is 0 Å². The van der Waals surface area contributed by atoms with Crippen molar-refractivity contribution >= 4 is 28.9 Å². The lowest BCUT2D eigenvalue weighted by molar-refractivity contribution is -0.116. The number of rotatable bonds is 7. The lowest BCUT2D eigenvalue weighted by Crippen LogP contribution is -2.33. The lowest BCUT2D eigenvalue weighted by Gasteiger charge is -2.28. The number of anilines is 1. The highest BCUT2D eigenvalue weighted by molar-refractivity contribution is 7.80. The first-order valence-corrected chi connectivity index (χ1v) is 11.8. The Bertz CT molecular complexity index is 1160. The van der Waals surface area contributed by atoms with Crippen molar-refractivity contribution in [2.75, 3.05) is 11.9 Å². The molecule has 1 aliphatic heterocycles. The van der Waals surface area contributed by atoms with Gasteiger partial charge in [-0.15, -0.1) is 0 Å². The van der Waals surface area contributed by atoms with Crippen molar-refractivity contribution < 1.29 is 4.79 Å². The summed E-state index contributed by atoms with van der Waals surface area (Å²) in [6.45, 7) is 9.88. The van der Waals surface area contributed by atoms with E-state index >= 15 is 0 Å². The second-order valence-corrected chi connectivity index (χ2v) is 8.89. The number of carbonyl (C=O) groups excluding carboxylic acids is 1. The first-order chi connectivity index (χ1) is 15.9. The monoisotopic (exact) mass is 461 g/mol. The highest BCUT2D eigenvalue weighted by Gasteiger charge is 2.41. The van der Waals surface area contributed by atoms with Crippen LogP contribution in [0.5, 0.6) is 0 Å². The van der Waals surface area contributed by atoms with Gasteiger partial charge in [-0.05, 0) is 75.3 Å². The van der Waals surface area contributed by atoms with Crippen LogP contribution >= 0.6 is 12.2 Å². The molecule has 4 rings (SSSR count). The van der Waals surface area contributed by atoms with Crippen molar-refractivity contribution in [2.45, 2.75) is 52.7 Å². The predicted molar refractivity (Wildman–Crippen MR) is 136 cm³/mol. The van der Waals surface area contributed by atoms with E-state index in [0.717, 1.165) is 23.5 Å². The third-order valence-electron chi connectivity index (χ3n) is 6.44. The minimum Gasteiger partial charge on any atom is -0.352 e. The minimum atomic E-state index is -0.0797. The number of thiocarbonyl (C=S) groups is 1. The van der Waals surface area contributed by atoms with Gasteiger partial charge < -0.3 is 20.1 Å². The number of nitrogens with one attached hydrogen (secondary N) is 2. The SMILES string of the molecule is CCn1c(C)cc(C2C(c3ccccn3)NC(=S)N2CCC(=O)Nc2ccccc2C)c1C. The number of para-hydroxylation sites is 1. The van der Waals surface area contributed by atoms with E-state index in [4.69, 9.17) is 12.2 Å². The van der Waals surface area contributed by atoms with E-state index < -0.39 is 0 Å². The molecule has 3 heterocycles. The second kappa shape index (κ2) is 9.75. The Balaban J connectivity index is 1.60. The predicted octanol–water partition coefficient (Wildman–Crippen LogP) is 4.83. The highest BCUT2D eigenvalue weighted by atomic mass is 32.1. The van der Waals surface area contributed by atoms with Crippen LogP contribution in [-0.2, 0) is 11.3 Å². The van der Waals surface area contributed by atoms with E-state index in [-0.39, 0.29) is 18.0 Å². The van der Waals surface area contributed by atoms with Crippen LogP contribution in [0.3, 0.4) is 0 Å². The number of amides is 1. The molecule has 1 amide bonds. The molecule has 0 bridgehead atoms. The number of hydrogen-bond acceptors (Lipinski definition) is 3. The Morgan fingerprint density at radius 2 is 1.91 bits per heavy atom. The number of hydrogen-bond donors (Lipinski definition) is 2. The first kappa shape index (κ1) is 23.0. The van der Waals surface area contributed by atoms with Crippen molar-refractivity contribution in [1.29, 1.82) is 0 Å². The van der Waals surface area contributed by atoms with Gasteiger partial charge >= 0.3 is 0 Å². The molecule has 2 atom stereocenters. The van der Waals surface area contributed by atoms with Gasteiger partial charge in [-0.2, -0.15) is 0 Å². The van der Waals surface area contributed by atoms with Crippen LogP contribution in [-0.4, -0.2) is 32.0 Å². The van der Waals surface area contributed by atoms with Gasteiger partial charge in [-0.25, -0.2) is 0 Å². The molecule has 0 saturated carbocycles. The smallest absolute Gasteiger partial charge is 0.226 e. The fraction of sp³-hybridized carbons (Fsp3) is 0.346. The maximum absolute atomic E-state index is 12.8. The summed E-state index contributed by atoms with van der Waals surface area (Å²) < 4.78 is 2.31. The van der Waals surface area contributed by atoms with Gasteiger partial charge in [-0.1, -0.05) is 24.3 Å². The number of benzene rings is 1. The average molecular weight is 462 g/mol. The molecular formula is C26H31N5OS. The molecule has 1 aliphatic rings. The quantitative estimate of drug-likeness (QED) is 0.494. The van der Waals surface area contributed by atoms with Crippen LogP contribution in [0, 0.1) is 20.8 Å². The molecule has 0 spiro atoms. The third kappa shape index (κ3) is 4.64. The summed E-state index contributed by atoms with van der Waals surface area (Å²) in [5, 5.41) is 7.17. The second-order valence-electron chi connectivity index (χ2n) is 8.50. The first-order valence-electron chi connectivity index (χ1n) is 11.4. The van der Waals surface area contributed by atoms with Crippen molar-refractivity contribution in [3.05, 3.63) is 82.9 Å². The summed E-state index contributed by atoms with van der Waals surface area (Å²) >= 11 is 5.76. The van der Waals surface area contributed by atoms with Crippen LogP contribution in [0.2, 0.25) is 0 Å². The van der Waals surface area contributed by atoms with E-state index in [1.165, 1.54) is 17.0 Å². The zero-order chi connectivity index (χ0) is 23.5. The summed E-state index contributed by atoms with van der Waals surface area (Å²) in [4.78, 5) is 19.5. The van der Waals surface area contributed by atoms with Crippen LogP contribution in [0.25, 0.3) is 0 Å². The highest BCUT2D eigenvalue weighted by Crippen LogP contribution is 2.40. The summed E-state index contributed by atoms with van der Waals surface area (Å²) in [6.07, 6.45) is 2.15. The van der Waals surface area contributed by atoms with Crippen LogP contribution in [0.15, 0.2) is 54.7 Å². The fourth-order valence-corrected chi connectivity index (χ4v) is 5.08. The topological polar surface area (TPSA) is 62.2 Å². The maximum Gasteiger partial charge on any atom is 0.226 e. The van der Waals surface area contributed by atoms with Crippen LogP contribution in [0.4, 0.5) is 5.69 Å². The maximum atomic E-state index is 12.8. The Labute approximate surface area is 201 Å². The molecular weight excluding hydrogens is 430 g/mol. The lowest BCUT2D eigenvalue weighted by atomic mass is 9.96. The standard InChI is InChI=1S/C26H31N5OS/c1-5-30-18(3)16-20(19(30)4)25-24(22-12-8-9-14-27-22)29-26(33)31(25)15-13-23(32)28-21-11-7-6-10-17(21)2/h6-12,14,16,24-25H,5,13,15H2,1-4H3,(H,28,32)(H,29,33). The molecule has 6 nitrogen and oxygen atoms in total. The van der Waals surface area contributed by atoms with E-state index in [2.05, 4.69) is 51.9 Å². The average Bonchev–Trinajstić information content (AvgIpc) is 3.29. The molecule has 2 unspecified atom stereocenters. The van der Waals surface area contributed by atoms with Crippen LogP contribution in [0.1, 0.15) is 53.6 Å². The molecule has 3 aromatic rings. The van der Waals surface area contributed by atoms with E-state index in [1.807, 2.05) is 55.6 Å². The van der Waals surface area contributed by atoms with E-state index in [9.17, 15) is 4.79 Å². The summed E-state index contributed by atoms with van der Waals surface area (Å²) in [5.41, 5.74) is 6.50. The third-order valence-corrected chi connectivity index (χ3v) is 6.80. The Morgan fingerprint density at radius 1 is 1.15 bits per heavy atom. The van der Waals surface area contributed by atoms with Crippen LogP contribution < -0.4 is 10.6 Å². The number of nitrogens with zero attached hydrogens (tertiary/aromatic N) is 3. The number of aryl methyl sites for hydroxylation is 2. The summed E-state index contributed by atoms with van der Waals surface area (Å²) in [6, 6.07) is 15.9. The molecule has 7 heteroatoms. The van der Waals surface area contributed by atoms with Gasteiger partial charge in [0.2, 0.25) is 5.91 Å². The fourth-order valence-electron chi connectivity index (χ4n) is 4.75. The zero-order valence-corrected chi connectivity index (χ0v) is 20.4. The molecule has 172 valence electrons. The van der Waals surface area contributed by atoms with Crippen molar-refractivity contribution in [2.24, 2.45) is 0 Å². The number of pyridine rings is 1.